The summed E-state index contributed by atoms with van der Waals surface area (Å²) in [4.78, 5) is 42.8. The van der Waals surface area contributed by atoms with Crippen molar-refractivity contribution in [1.29, 1.82) is 0 Å². The van der Waals surface area contributed by atoms with E-state index in [1.165, 1.54) is 0 Å². The van der Waals surface area contributed by atoms with E-state index < -0.39 is 0 Å². The van der Waals surface area contributed by atoms with Gasteiger partial charge in [-0.15, -0.1) is 0 Å². The highest BCUT2D eigenvalue weighted by Gasteiger charge is 2.48. The van der Waals surface area contributed by atoms with Gasteiger partial charge in [-0.3, -0.25) is 24.3 Å². The highest BCUT2D eigenvalue weighted by Crippen LogP contribution is 2.37. The van der Waals surface area contributed by atoms with Crippen molar-refractivity contribution >= 4 is 34.3 Å². The summed E-state index contributed by atoms with van der Waals surface area (Å²) in [5, 5.41) is 3.70. The Hall–Kier alpha value is -2.76. The molecule has 1 aromatic carbocycles. The van der Waals surface area contributed by atoms with Gasteiger partial charge in [0, 0.05) is 11.6 Å². The number of benzene rings is 1. The van der Waals surface area contributed by atoms with Crippen molar-refractivity contribution in [2.45, 2.75) is 25.7 Å². The molecule has 2 aliphatic rings. The molecule has 2 aromatic rings. The predicted octanol–water partition coefficient (Wildman–Crippen LogP) is 2.35. The topological polar surface area (TPSA) is 79.4 Å². The van der Waals surface area contributed by atoms with Gasteiger partial charge in [-0.1, -0.05) is 31.0 Å². The lowest BCUT2D eigenvalue weighted by atomic mass is 9.81. The van der Waals surface area contributed by atoms with Gasteiger partial charge in [0.1, 0.15) is 6.54 Å². The first-order valence-corrected chi connectivity index (χ1v) is 8.64. The lowest BCUT2D eigenvalue weighted by Crippen LogP contribution is -2.38. The van der Waals surface area contributed by atoms with E-state index in [0.717, 1.165) is 36.0 Å². The molecule has 3 amide bonds. The van der Waals surface area contributed by atoms with Crippen LogP contribution in [0.15, 0.2) is 36.5 Å². The van der Waals surface area contributed by atoms with Gasteiger partial charge in [-0.05, 0) is 25.0 Å². The van der Waals surface area contributed by atoms with Gasteiger partial charge < -0.3 is 5.32 Å². The van der Waals surface area contributed by atoms with E-state index in [-0.39, 0.29) is 36.1 Å². The molecule has 1 aliphatic heterocycles. The van der Waals surface area contributed by atoms with Crippen LogP contribution < -0.4 is 5.32 Å². The Balaban J connectivity index is 1.50. The molecule has 6 nitrogen and oxygen atoms in total. The zero-order valence-electron chi connectivity index (χ0n) is 13.8. The van der Waals surface area contributed by atoms with Gasteiger partial charge in [0.2, 0.25) is 17.7 Å². The molecule has 1 aromatic heterocycles. The number of likely N-dealkylation sites (tertiary alicyclic amines) is 1. The molecule has 6 heteroatoms. The summed E-state index contributed by atoms with van der Waals surface area (Å²) in [6, 6.07) is 9.25. The molecule has 0 radical (unpaired) electrons. The monoisotopic (exact) mass is 337 g/mol. The van der Waals surface area contributed by atoms with Crippen molar-refractivity contribution in [3.05, 3.63) is 36.5 Å². The number of imide groups is 1. The maximum absolute atomic E-state index is 12.5. The van der Waals surface area contributed by atoms with Crippen molar-refractivity contribution in [2.75, 3.05) is 11.9 Å². The van der Waals surface area contributed by atoms with Crippen molar-refractivity contribution in [3.8, 4) is 0 Å². The Kier molecular flexibility index (Phi) is 3.95. The average molecular weight is 337 g/mol. The molecule has 1 saturated heterocycles. The summed E-state index contributed by atoms with van der Waals surface area (Å²) in [6.45, 7) is -0.228. The Labute approximate surface area is 145 Å². The number of anilines is 1. The second kappa shape index (κ2) is 6.27. The molecule has 0 unspecified atom stereocenters. The van der Waals surface area contributed by atoms with Crippen LogP contribution in [0.4, 0.5) is 5.69 Å². The summed E-state index contributed by atoms with van der Waals surface area (Å²) < 4.78 is 0. The second-order valence-electron chi connectivity index (χ2n) is 6.69. The molecule has 2 heterocycles. The van der Waals surface area contributed by atoms with Crippen molar-refractivity contribution in [1.82, 2.24) is 9.88 Å². The van der Waals surface area contributed by atoms with Crippen LogP contribution in [0.1, 0.15) is 25.7 Å². The maximum Gasteiger partial charge on any atom is 0.244 e. The number of carbonyl (C=O) groups excluding carboxylic acids is 3. The van der Waals surface area contributed by atoms with E-state index in [1.54, 1.807) is 12.3 Å². The van der Waals surface area contributed by atoms with Crippen LogP contribution >= 0.6 is 0 Å². The summed E-state index contributed by atoms with van der Waals surface area (Å²) in [5.74, 6) is -1.22. The highest BCUT2D eigenvalue weighted by molar-refractivity contribution is 6.09. The normalized spacial score (nSPS) is 23.0. The van der Waals surface area contributed by atoms with Gasteiger partial charge in [-0.25, -0.2) is 0 Å². The van der Waals surface area contributed by atoms with Crippen LogP contribution in [-0.2, 0) is 14.4 Å². The fraction of sp³-hybridized carbons (Fsp3) is 0.368. The number of fused-ring (bicyclic) bond motifs is 2. The average Bonchev–Trinajstić information content (AvgIpc) is 2.87. The number of nitrogens with zero attached hydrogens (tertiary/aromatic N) is 2. The molecule has 25 heavy (non-hydrogen) atoms. The standard InChI is InChI=1S/C19H19N3O3/c23-16(21-15-9-3-5-12-6-4-10-20-17(12)15)11-22-18(24)13-7-1-2-8-14(13)19(22)25/h3-6,9-10,13-14H,1-2,7-8,11H2,(H,21,23)/t13-,14-/m1/s1. The van der Waals surface area contributed by atoms with Crippen LogP contribution in [0, 0.1) is 11.8 Å². The molecule has 1 N–H and O–H groups in total. The van der Waals surface area contributed by atoms with E-state index in [9.17, 15) is 14.4 Å². The Morgan fingerprint density at radius 3 is 2.48 bits per heavy atom. The number of para-hydroxylation sites is 1. The van der Waals surface area contributed by atoms with Gasteiger partial charge >= 0.3 is 0 Å². The van der Waals surface area contributed by atoms with Crippen LogP contribution in [0.25, 0.3) is 10.9 Å². The van der Waals surface area contributed by atoms with Gasteiger partial charge in [0.25, 0.3) is 0 Å². The minimum atomic E-state index is -0.376. The third kappa shape index (κ3) is 2.77. The summed E-state index contributed by atoms with van der Waals surface area (Å²) in [5.41, 5.74) is 1.27. The second-order valence-corrected chi connectivity index (χ2v) is 6.69. The number of pyridine rings is 1. The predicted molar refractivity (Wildman–Crippen MR) is 92.5 cm³/mol. The fourth-order valence-electron chi connectivity index (χ4n) is 3.93. The Morgan fingerprint density at radius 1 is 1.08 bits per heavy atom. The van der Waals surface area contributed by atoms with Crippen LogP contribution in [-0.4, -0.2) is 34.2 Å². The number of aromatic nitrogens is 1. The molecule has 2 atom stereocenters. The first kappa shape index (κ1) is 15.7. The summed E-state index contributed by atoms with van der Waals surface area (Å²) in [7, 11) is 0. The Bertz CT molecular complexity index is 835. The first-order valence-electron chi connectivity index (χ1n) is 8.64. The number of carbonyl (C=O) groups is 3. The third-order valence-electron chi connectivity index (χ3n) is 5.14. The van der Waals surface area contributed by atoms with Crippen molar-refractivity contribution in [3.63, 3.8) is 0 Å². The molecular weight excluding hydrogens is 318 g/mol. The zero-order chi connectivity index (χ0) is 17.4. The number of hydrogen-bond donors (Lipinski definition) is 1. The van der Waals surface area contributed by atoms with Crippen LogP contribution in [0.3, 0.4) is 0 Å². The van der Waals surface area contributed by atoms with Gasteiger partial charge in [0.05, 0.1) is 23.0 Å². The summed E-state index contributed by atoms with van der Waals surface area (Å²) >= 11 is 0. The minimum Gasteiger partial charge on any atom is -0.323 e. The van der Waals surface area contributed by atoms with Crippen LogP contribution in [0.2, 0.25) is 0 Å². The maximum atomic E-state index is 12.5. The quantitative estimate of drug-likeness (QED) is 0.872. The van der Waals surface area contributed by atoms with E-state index >= 15 is 0 Å². The molecule has 128 valence electrons. The lowest BCUT2D eigenvalue weighted by molar-refractivity contribution is -0.142. The van der Waals surface area contributed by atoms with Gasteiger partial charge in [0.15, 0.2) is 0 Å². The lowest BCUT2D eigenvalue weighted by Gasteiger charge is -2.19. The zero-order valence-corrected chi connectivity index (χ0v) is 13.8. The molecular formula is C19H19N3O3. The summed E-state index contributed by atoms with van der Waals surface area (Å²) in [6.07, 6.45) is 5.11. The molecule has 1 aliphatic carbocycles. The van der Waals surface area contributed by atoms with Crippen LogP contribution in [0.5, 0.6) is 0 Å². The molecule has 1 saturated carbocycles. The minimum absolute atomic E-state index is 0.194. The van der Waals surface area contributed by atoms with Crippen molar-refractivity contribution in [2.24, 2.45) is 11.8 Å². The van der Waals surface area contributed by atoms with Crippen molar-refractivity contribution < 1.29 is 14.4 Å². The molecule has 2 fully saturated rings. The molecule has 0 bridgehead atoms. The number of amides is 3. The van der Waals surface area contributed by atoms with E-state index in [2.05, 4.69) is 10.3 Å². The number of nitrogens with one attached hydrogen (secondary N) is 1. The van der Waals surface area contributed by atoms with E-state index in [1.807, 2.05) is 24.3 Å². The number of hydrogen-bond acceptors (Lipinski definition) is 4. The highest BCUT2D eigenvalue weighted by atomic mass is 16.2. The molecule has 4 rings (SSSR count). The fourth-order valence-corrected chi connectivity index (χ4v) is 3.93. The van der Waals surface area contributed by atoms with Gasteiger partial charge in [-0.2, -0.15) is 0 Å². The largest absolute Gasteiger partial charge is 0.323 e. The van der Waals surface area contributed by atoms with E-state index in [0.29, 0.717) is 11.2 Å². The SMILES string of the molecule is O=C(CN1C(=O)[C@@H]2CCCC[C@H]2C1=O)Nc1cccc2cccnc12. The van der Waals surface area contributed by atoms with E-state index in [4.69, 9.17) is 0 Å². The Morgan fingerprint density at radius 2 is 1.76 bits per heavy atom. The first-order chi connectivity index (χ1) is 12.1. The molecule has 0 spiro atoms. The smallest absolute Gasteiger partial charge is 0.244 e. The number of rotatable bonds is 3. The third-order valence-corrected chi connectivity index (χ3v) is 5.14.